The summed E-state index contributed by atoms with van der Waals surface area (Å²) in [6.45, 7) is 5.23. The van der Waals surface area contributed by atoms with Crippen molar-refractivity contribution in [2.75, 3.05) is 26.2 Å². The van der Waals surface area contributed by atoms with E-state index in [1.54, 1.807) is 12.1 Å². The van der Waals surface area contributed by atoms with Crippen LogP contribution in [0.2, 0.25) is 0 Å². The van der Waals surface area contributed by atoms with Gasteiger partial charge in [0.1, 0.15) is 5.82 Å². The summed E-state index contributed by atoms with van der Waals surface area (Å²) in [6.07, 6.45) is 3.54. The third-order valence-electron chi connectivity index (χ3n) is 7.89. The number of amides is 1. The molecular weight excluding hydrogens is 475 g/mol. The molecule has 2 saturated heterocycles. The number of rotatable bonds is 10. The van der Waals surface area contributed by atoms with Crippen molar-refractivity contribution in [1.29, 1.82) is 0 Å². The van der Waals surface area contributed by atoms with Crippen LogP contribution in [-0.2, 0) is 24.3 Å². The molecule has 5 rings (SSSR count). The van der Waals surface area contributed by atoms with Crippen LogP contribution >= 0.6 is 0 Å². The van der Waals surface area contributed by atoms with Gasteiger partial charge in [-0.3, -0.25) is 14.6 Å². The summed E-state index contributed by atoms with van der Waals surface area (Å²) in [6, 6.07) is 28.4. The molecule has 0 aliphatic carbocycles. The lowest BCUT2D eigenvalue weighted by atomic mass is 10.0. The summed E-state index contributed by atoms with van der Waals surface area (Å²) in [7, 11) is 0. The molecule has 2 atom stereocenters. The number of carbonyl (C=O) groups is 1. The molecule has 0 unspecified atom stereocenters. The summed E-state index contributed by atoms with van der Waals surface area (Å²) in [5.74, 6) is -0.174. The van der Waals surface area contributed by atoms with Gasteiger partial charge in [0, 0.05) is 38.3 Å². The standard InChI is InChI=1S/C32H39FN4O/c33-30-14-8-7-13-27(30)15-18-34-32(38)31-21-29(24-37(31)23-26-11-5-2-6-12-26)35-28-16-19-36(20-17-28)22-25-9-3-1-4-10-25/h1-14,28-29,31,35H,15-24H2,(H,34,38)/t29-,31-/m0/s1. The molecule has 2 aliphatic heterocycles. The first-order valence-corrected chi connectivity index (χ1v) is 14.0. The fraction of sp³-hybridized carbons (Fsp3) is 0.406. The van der Waals surface area contributed by atoms with Crippen LogP contribution in [0.3, 0.4) is 0 Å². The van der Waals surface area contributed by atoms with Gasteiger partial charge in [-0.1, -0.05) is 78.9 Å². The fourth-order valence-electron chi connectivity index (χ4n) is 5.86. The number of nitrogens with zero attached hydrogens (tertiary/aromatic N) is 2. The third-order valence-corrected chi connectivity index (χ3v) is 7.89. The van der Waals surface area contributed by atoms with Crippen molar-refractivity contribution < 1.29 is 9.18 Å². The molecule has 5 nitrogen and oxygen atoms in total. The number of hydrogen-bond donors (Lipinski definition) is 2. The molecule has 0 saturated carbocycles. The summed E-state index contributed by atoms with van der Waals surface area (Å²) < 4.78 is 14.0. The Bertz CT molecular complexity index is 1150. The smallest absolute Gasteiger partial charge is 0.237 e. The first-order chi connectivity index (χ1) is 18.6. The maximum Gasteiger partial charge on any atom is 0.237 e. The van der Waals surface area contributed by atoms with Crippen LogP contribution in [0.25, 0.3) is 0 Å². The molecule has 2 heterocycles. The molecule has 38 heavy (non-hydrogen) atoms. The summed E-state index contributed by atoms with van der Waals surface area (Å²) in [5.41, 5.74) is 3.22. The molecule has 0 spiro atoms. The van der Waals surface area contributed by atoms with Gasteiger partial charge in [0.15, 0.2) is 0 Å². The molecule has 3 aromatic carbocycles. The molecule has 2 aliphatic rings. The van der Waals surface area contributed by atoms with Crippen molar-refractivity contribution in [1.82, 2.24) is 20.4 Å². The van der Waals surface area contributed by atoms with Crippen molar-refractivity contribution in [3.05, 3.63) is 107 Å². The lowest BCUT2D eigenvalue weighted by Gasteiger charge is -2.34. The normalized spacial score (nSPS) is 21.0. The fourth-order valence-corrected chi connectivity index (χ4v) is 5.86. The highest BCUT2D eigenvalue weighted by Crippen LogP contribution is 2.23. The molecule has 3 aromatic rings. The van der Waals surface area contributed by atoms with Gasteiger partial charge < -0.3 is 10.6 Å². The van der Waals surface area contributed by atoms with E-state index in [0.29, 0.717) is 24.6 Å². The average Bonchev–Trinajstić information content (AvgIpc) is 3.34. The van der Waals surface area contributed by atoms with Gasteiger partial charge in [-0.15, -0.1) is 0 Å². The van der Waals surface area contributed by atoms with E-state index in [0.717, 1.165) is 52.0 Å². The van der Waals surface area contributed by atoms with E-state index in [1.807, 2.05) is 24.3 Å². The first-order valence-electron chi connectivity index (χ1n) is 14.0. The van der Waals surface area contributed by atoms with Gasteiger partial charge >= 0.3 is 0 Å². The van der Waals surface area contributed by atoms with E-state index >= 15 is 0 Å². The number of halogens is 1. The lowest BCUT2D eigenvalue weighted by molar-refractivity contribution is -0.125. The minimum Gasteiger partial charge on any atom is -0.354 e. The van der Waals surface area contributed by atoms with Crippen LogP contribution in [0.4, 0.5) is 4.39 Å². The topological polar surface area (TPSA) is 47.6 Å². The van der Waals surface area contributed by atoms with E-state index in [9.17, 15) is 9.18 Å². The van der Waals surface area contributed by atoms with E-state index in [4.69, 9.17) is 0 Å². The van der Waals surface area contributed by atoms with Crippen molar-refractivity contribution in [2.24, 2.45) is 0 Å². The zero-order chi connectivity index (χ0) is 26.2. The summed E-state index contributed by atoms with van der Waals surface area (Å²) >= 11 is 0. The molecule has 0 aromatic heterocycles. The Balaban J connectivity index is 1.14. The van der Waals surface area contributed by atoms with Gasteiger partial charge in [0.05, 0.1) is 6.04 Å². The molecule has 0 bridgehead atoms. The molecule has 0 radical (unpaired) electrons. The average molecular weight is 515 g/mol. The number of hydrogen-bond acceptors (Lipinski definition) is 4. The largest absolute Gasteiger partial charge is 0.354 e. The predicted octanol–water partition coefficient (Wildman–Crippen LogP) is 4.38. The maximum absolute atomic E-state index is 14.0. The highest BCUT2D eigenvalue weighted by atomic mass is 19.1. The number of carbonyl (C=O) groups excluding carboxylic acids is 1. The quantitative estimate of drug-likeness (QED) is 0.422. The van der Waals surface area contributed by atoms with Crippen molar-refractivity contribution in [3.8, 4) is 0 Å². The molecule has 1 amide bonds. The van der Waals surface area contributed by atoms with Crippen LogP contribution in [0.15, 0.2) is 84.9 Å². The van der Waals surface area contributed by atoms with Gasteiger partial charge in [-0.05, 0) is 61.5 Å². The van der Waals surface area contributed by atoms with Gasteiger partial charge in [-0.25, -0.2) is 4.39 Å². The van der Waals surface area contributed by atoms with E-state index in [-0.39, 0.29) is 23.8 Å². The highest BCUT2D eigenvalue weighted by Gasteiger charge is 2.37. The Morgan fingerprint density at radius 2 is 1.45 bits per heavy atom. The highest BCUT2D eigenvalue weighted by molar-refractivity contribution is 5.82. The Kier molecular flexibility index (Phi) is 9.18. The van der Waals surface area contributed by atoms with Crippen LogP contribution in [-0.4, -0.2) is 60.0 Å². The second-order valence-electron chi connectivity index (χ2n) is 10.7. The maximum atomic E-state index is 14.0. The molecule has 2 fully saturated rings. The van der Waals surface area contributed by atoms with Crippen molar-refractivity contribution in [2.45, 2.75) is 56.9 Å². The molecular formula is C32H39FN4O. The van der Waals surface area contributed by atoms with Crippen LogP contribution < -0.4 is 10.6 Å². The zero-order valence-electron chi connectivity index (χ0n) is 22.1. The minimum absolute atomic E-state index is 0.0410. The van der Waals surface area contributed by atoms with E-state index < -0.39 is 0 Å². The lowest BCUT2D eigenvalue weighted by Crippen LogP contribution is -2.46. The van der Waals surface area contributed by atoms with Crippen molar-refractivity contribution >= 4 is 5.91 Å². The number of benzene rings is 3. The Hall–Kier alpha value is -3.06. The number of nitrogens with one attached hydrogen (secondary N) is 2. The SMILES string of the molecule is O=C(NCCc1ccccc1F)[C@@H]1C[C@H](NC2CCN(Cc3ccccc3)CC2)CN1Cc1ccccc1. The minimum atomic E-state index is -0.215. The molecule has 6 heteroatoms. The number of likely N-dealkylation sites (tertiary alicyclic amines) is 2. The second-order valence-corrected chi connectivity index (χ2v) is 10.7. The predicted molar refractivity (Wildman–Crippen MR) is 150 cm³/mol. The van der Waals surface area contributed by atoms with Gasteiger partial charge in [0.25, 0.3) is 0 Å². The van der Waals surface area contributed by atoms with E-state index in [2.05, 4.69) is 62.9 Å². The zero-order valence-corrected chi connectivity index (χ0v) is 22.1. The second kappa shape index (κ2) is 13.1. The van der Waals surface area contributed by atoms with E-state index in [1.165, 1.54) is 17.2 Å². The monoisotopic (exact) mass is 514 g/mol. The summed E-state index contributed by atoms with van der Waals surface area (Å²) in [5, 5.41) is 6.98. The third kappa shape index (κ3) is 7.28. The molecule has 2 N–H and O–H groups in total. The Morgan fingerprint density at radius 1 is 0.816 bits per heavy atom. The molecule has 200 valence electrons. The summed E-state index contributed by atoms with van der Waals surface area (Å²) in [4.78, 5) is 18.1. The van der Waals surface area contributed by atoms with Crippen molar-refractivity contribution in [3.63, 3.8) is 0 Å². The van der Waals surface area contributed by atoms with Gasteiger partial charge in [0.2, 0.25) is 5.91 Å². The Labute approximate surface area is 226 Å². The van der Waals surface area contributed by atoms with Crippen LogP contribution in [0.1, 0.15) is 36.0 Å². The van der Waals surface area contributed by atoms with Gasteiger partial charge in [-0.2, -0.15) is 0 Å². The van der Waals surface area contributed by atoms with Crippen LogP contribution in [0, 0.1) is 5.82 Å². The number of piperidine rings is 1. The van der Waals surface area contributed by atoms with Crippen LogP contribution in [0.5, 0.6) is 0 Å². The first kappa shape index (κ1) is 26.5. The Morgan fingerprint density at radius 3 is 2.13 bits per heavy atom.